The van der Waals surface area contributed by atoms with Crippen molar-refractivity contribution < 1.29 is 4.39 Å². The molecule has 0 radical (unpaired) electrons. The van der Waals surface area contributed by atoms with Crippen molar-refractivity contribution in [1.29, 1.82) is 0 Å². The molecule has 2 rings (SSSR count). The van der Waals surface area contributed by atoms with Crippen molar-refractivity contribution in [3.63, 3.8) is 0 Å². The Labute approximate surface area is 123 Å². The summed E-state index contributed by atoms with van der Waals surface area (Å²) in [6, 6.07) is 5.26. The summed E-state index contributed by atoms with van der Waals surface area (Å²) in [5.41, 5.74) is 3.99. The van der Waals surface area contributed by atoms with Gasteiger partial charge in [0.2, 0.25) is 0 Å². The lowest BCUT2D eigenvalue weighted by Crippen LogP contribution is -2.37. The molecule has 0 aliphatic heterocycles. The summed E-state index contributed by atoms with van der Waals surface area (Å²) in [6.45, 7) is 4.60. The van der Waals surface area contributed by atoms with E-state index in [-0.39, 0.29) is 11.9 Å². The molecule has 106 valence electrons. The van der Waals surface area contributed by atoms with E-state index in [9.17, 15) is 4.39 Å². The molecule has 4 heteroatoms. The van der Waals surface area contributed by atoms with Gasteiger partial charge in [0.25, 0.3) is 0 Å². The van der Waals surface area contributed by atoms with Gasteiger partial charge in [0.05, 0.1) is 4.47 Å². The molecule has 1 aliphatic carbocycles. The number of rotatable bonds is 3. The third-order valence-corrected chi connectivity index (χ3v) is 4.78. The van der Waals surface area contributed by atoms with Gasteiger partial charge in [-0.3, -0.25) is 11.3 Å². The first-order chi connectivity index (χ1) is 9.01. The van der Waals surface area contributed by atoms with Crippen molar-refractivity contribution in [2.24, 2.45) is 23.6 Å². The van der Waals surface area contributed by atoms with Crippen molar-refractivity contribution in [3.05, 3.63) is 34.1 Å². The summed E-state index contributed by atoms with van der Waals surface area (Å²) in [5, 5.41) is 0. The second kappa shape index (κ2) is 6.33. The second-order valence-corrected chi connectivity index (χ2v) is 6.85. The molecule has 1 saturated carbocycles. The fourth-order valence-electron chi connectivity index (χ4n) is 3.49. The molecular formula is C15H22BrFN2. The fourth-order valence-corrected chi connectivity index (χ4v) is 3.89. The molecule has 0 heterocycles. The third kappa shape index (κ3) is 3.56. The molecule has 3 N–H and O–H groups in total. The van der Waals surface area contributed by atoms with E-state index in [0.717, 1.165) is 17.4 Å². The maximum atomic E-state index is 13.3. The third-order valence-electron chi connectivity index (χ3n) is 4.17. The lowest BCUT2D eigenvalue weighted by Gasteiger charge is -2.36. The topological polar surface area (TPSA) is 38.0 Å². The SMILES string of the molecule is CC1CC(C)CC(C(NN)c2ccc(F)c(Br)c2)C1. The average Bonchev–Trinajstić information content (AvgIpc) is 2.33. The summed E-state index contributed by atoms with van der Waals surface area (Å²) >= 11 is 3.25. The minimum absolute atomic E-state index is 0.0992. The van der Waals surface area contributed by atoms with E-state index in [4.69, 9.17) is 5.84 Å². The van der Waals surface area contributed by atoms with E-state index in [1.54, 1.807) is 0 Å². The molecule has 0 bridgehead atoms. The largest absolute Gasteiger partial charge is 0.271 e. The molecule has 1 aromatic rings. The summed E-state index contributed by atoms with van der Waals surface area (Å²) in [5.74, 6) is 7.50. The molecule has 19 heavy (non-hydrogen) atoms. The van der Waals surface area contributed by atoms with E-state index >= 15 is 0 Å². The van der Waals surface area contributed by atoms with Crippen LogP contribution >= 0.6 is 15.9 Å². The monoisotopic (exact) mass is 328 g/mol. The van der Waals surface area contributed by atoms with Crippen molar-refractivity contribution in [2.45, 2.75) is 39.2 Å². The molecule has 3 atom stereocenters. The van der Waals surface area contributed by atoms with Gasteiger partial charge in [-0.05, 0) is 70.6 Å². The highest BCUT2D eigenvalue weighted by molar-refractivity contribution is 9.10. The Morgan fingerprint density at radius 1 is 1.26 bits per heavy atom. The normalized spacial score (nSPS) is 29.2. The summed E-state index contributed by atoms with van der Waals surface area (Å²) in [7, 11) is 0. The molecular weight excluding hydrogens is 307 g/mol. The highest BCUT2D eigenvalue weighted by Gasteiger charge is 2.30. The highest BCUT2D eigenvalue weighted by atomic mass is 79.9. The van der Waals surface area contributed by atoms with Crippen LogP contribution in [0.1, 0.15) is 44.7 Å². The quantitative estimate of drug-likeness (QED) is 0.645. The fraction of sp³-hybridized carbons (Fsp3) is 0.600. The van der Waals surface area contributed by atoms with Crippen LogP contribution in [-0.2, 0) is 0 Å². The first kappa shape index (κ1) is 14.9. The maximum absolute atomic E-state index is 13.3. The summed E-state index contributed by atoms with van der Waals surface area (Å²) in [4.78, 5) is 0. The van der Waals surface area contributed by atoms with Crippen LogP contribution < -0.4 is 11.3 Å². The van der Waals surface area contributed by atoms with Gasteiger partial charge in [-0.1, -0.05) is 19.9 Å². The van der Waals surface area contributed by atoms with Crippen molar-refractivity contribution in [1.82, 2.24) is 5.43 Å². The maximum Gasteiger partial charge on any atom is 0.137 e. The first-order valence-electron chi connectivity index (χ1n) is 6.92. The number of benzene rings is 1. The summed E-state index contributed by atoms with van der Waals surface area (Å²) in [6.07, 6.45) is 3.64. The van der Waals surface area contributed by atoms with Crippen LogP contribution in [0.5, 0.6) is 0 Å². The van der Waals surface area contributed by atoms with E-state index in [1.807, 2.05) is 12.1 Å². The molecule has 0 spiro atoms. The molecule has 1 aromatic carbocycles. The predicted octanol–water partition coefficient (Wildman–Crippen LogP) is 4.16. The van der Waals surface area contributed by atoms with E-state index in [1.165, 1.54) is 25.3 Å². The Hall–Kier alpha value is -0.450. The Balaban J connectivity index is 2.21. The lowest BCUT2D eigenvalue weighted by atomic mass is 9.72. The zero-order valence-corrected chi connectivity index (χ0v) is 13.1. The van der Waals surface area contributed by atoms with Gasteiger partial charge < -0.3 is 0 Å². The van der Waals surface area contributed by atoms with E-state index in [0.29, 0.717) is 10.4 Å². The van der Waals surface area contributed by atoms with Gasteiger partial charge in [0.15, 0.2) is 0 Å². The van der Waals surface area contributed by atoms with E-state index < -0.39 is 0 Å². The Kier molecular flexibility index (Phi) is 4.98. The number of hydrogen-bond acceptors (Lipinski definition) is 2. The lowest BCUT2D eigenvalue weighted by molar-refractivity contribution is 0.177. The molecule has 3 unspecified atom stereocenters. The predicted molar refractivity (Wildman–Crippen MR) is 79.8 cm³/mol. The Morgan fingerprint density at radius 3 is 2.42 bits per heavy atom. The summed E-state index contributed by atoms with van der Waals surface area (Å²) < 4.78 is 13.8. The molecule has 1 fully saturated rings. The van der Waals surface area contributed by atoms with Crippen molar-refractivity contribution in [3.8, 4) is 0 Å². The molecule has 0 saturated heterocycles. The zero-order valence-electron chi connectivity index (χ0n) is 11.5. The van der Waals surface area contributed by atoms with Crippen molar-refractivity contribution in [2.75, 3.05) is 0 Å². The van der Waals surface area contributed by atoms with Gasteiger partial charge in [0.1, 0.15) is 5.82 Å². The second-order valence-electron chi connectivity index (χ2n) is 6.00. The zero-order chi connectivity index (χ0) is 14.0. The van der Waals surface area contributed by atoms with Crippen LogP contribution in [0.25, 0.3) is 0 Å². The molecule has 1 aliphatic rings. The molecule has 0 amide bonds. The van der Waals surface area contributed by atoms with Crippen molar-refractivity contribution >= 4 is 15.9 Å². The van der Waals surface area contributed by atoms with Crippen LogP contribution in [-0.4, -0.2) is 0 Å². The van der Waals surface area contributed by atoms with Gasteiger partial charge >= 0.3 is 0 Å². The Morgan fingerprint density at radius 2 is 1.89 bits per heavy atom. The molecule has 2 nitrogen and oxygen atoms in total. The Bertz CT molecular complexity index is 428. The van der Waals surface area contributed by atoms with Crippen LogP contribution in [0, 0.1) is 23.6 Å². The highest BCUT2D eigenvalue weighted by Crippen LogP contribution is 2.40. The number of nitrogens with one attached hydrogen (secondary N) is 1. The van der Waals surface area contributed by atoms with Crippen LogP contribution in [0.2, 0.25) is 0 Å². The number of hydrogen-bond donors (Lipinski definition) is 2. The molecule has 0 aromatic heterocycles. The van der Waals surface area contributed by atoms with Crippen LogP contribution in [0.4, 0.5) is 4.39 Å². The van der Waals surface area contributed by atoms with Gasteiger partial charge in [0, 0.05) is 6.04 Å². The first-order valence-corrected chi connectivity index (χ1v) is 7.71. The van der Waals surface area contributed by atoms with Crippen LogP contribution in [0.15, 0.2) is 22.7 Å². The minimum atomic E-state index is -0.232. The number of halogens is 2. The number of hydrazine groups is 1. The van der Waals surface area contributed by atoms with Gasteiger partial charge in [-0.15, -0.1) is 0 Å². The standard InChI is InChI=1S/C15H22BrFN2/c1-9-5-10(2)7-12(6-9)15(19-18)11-3-4-14(17)13(16)8-11/h3-4,8-10,12,15,19H,5-7,18H2,1-2H3. The minimum Gasteiger partial charge on any atom is -0.271 e. The smallest absolute Gasteiger partial charge is 0.137 e. The number of nitrogens with two attached hydrogens (primary N) is 1. The van der Waals surface area contributed by atoms with Gasteiger partial charge in [-0.2, -0.15) is 0 Å². The average molecular weight is 329 g/mol. The van der Waals surface area contributed by atoms with E-state index in [2.05, 4.69) is 35.2 Å². The van der Waals surface area contributed by atoms with Gasteiger partial charge in [-0.25, -0.2) is 4.39 Å². The van der Waals surface area contributed by atoms with Crippen LogP contribution in [0.3, 0.4) is 0 Å².